The van der Waals surface area contributed by atoms with Gasteiger partial charge in [-0.05, 0) is 30.7 Å². The number of carbonyl (C=O) groups is 1. The number of amides is 1. The Hall–Kier alpha value is -2.20. The van der Waals surface area contributed by atoms with Gasteiger partial charge in [-0.25, -0.2) is 4.98 Å². The number of benzene rings is 2. The van der Waals surface area contributed by atoms with Crippen molar-refractivity contribution in [1.82, 2.24) is 14.8 Å². The summed E-state index contributed by atoms with van der Waals surface area (Å²) in [6.07, 6.45) is 0. The number of nitrogens with zero attached hydrogens (tertiary/aromatic N) is 3. The molecule has 2 aromatic carbocycles. The summed E-state index contributed by atoms with van der Waals surface area (Å²) >= 11 is 8.44. The Morgan fingerprint density at radius 3 is 2.72 bits per heavy atom. The number of thioether (sulfide) groups is 1. The second-order valence-electron chi connectivity index (χ2n) is 7.43. The van der Waals surface area contributed by atoms with Crippen LogP contribution in [0.3, 0.4) is 0 Å². The molecule has 1 amide bonds. The minimum absolute atomic E-state index is 0.0934. The second kappa shape index (κ2) is 11.1. The highest BCUT2D eigenvalue weighted by atomic mass is 32.2. The number of piperazine rings is 1. The van der Waals surface area contributed by atoms with Crippen LogP contribution in [0.2, 0.25) is 0 Å². The third-order valence-corrected chi connectivity index (χ3v) is 7.58. The molecule has 1 fully saturated rings. The molecule has 0 bridgehead atoms. The maximum atomic E-state index is 12.4. The van der Waals surface area contributed by atoms with Crippen molar-refractivity contribution in [2.75, 3.05) is 43.9 Å². The lowest BCUT2D eigenvalue weighted by molar-refractivity contribution is -0.113. The molecule has 0 unspecified atom stereocenters. The largest absolute Gasteiger partial charge is 0.494 e. The summed E-state index contributed by atoms with van der Waals surface area (Å²) < 4.78 is 7.30. The van der Waals surface area contributed by atoms with E-state index in [9.17, 15) is 4.79 Å². The Morgan fingerprint density at radius 1 is 1.19 bits per heavy atom. The van der Waals surface area contributed by atoms with E-state index in [0.717, 1.165) is 53.0 Å². The molecule has 1 aromatic heterocycles. The lowest BCUT2D eigenvalue weighted by atomic mass is 10.2. The zero-order chi connectivity index (χ0) is 22.3. The number of thiocarbonyl (C=S) groups is 1. The molecular weight excluding hydrogens is 460 g/mol. The molecule has 1 aliphatic heterocycles. The SMILES string of the molecule is CCOc1ccc2nc(NC(=O)CSC(=S)N3CCN(Cc4ccccc4)CC3)sc2c1. The topological polar surface area (TPSA) is 57.7 Å². The average Bonchev–Trinajstić information content (AvgIpc) is 3.20. The predicted molar refractivity (Wildman–Crippen MR) is 138 cm³/mol. The number of hydrogen-bond donors (Lipinski definition) is 1. The number of aromatic nitrogens is 1. The van der Waals surface area contributed by atoms with Crippen LogP contribution in [0.25, 0.3) is 10.2 Å². The Labute approximate surface area is 202 Å². The van der Waals surface area contributed by atoms with E-state index < -0.39 is 0 Å². The fourth-order valence-corrected chi connectivity index (χ4v) is 5.48. The van der Waals surface area contributed by atoms with Gasteiger partial charge < -0.3 is 15.0 Å². The van der Waals surface area contributed by atoms with E-state index in [-0.39, 0.29) is 11.7 Å². The summed E-state index contributed by atoms with van der Waals surface area (Å²) in [5.41, 5.74) is 2.18. The zero-order valence-electron chi connectivity index (χ0n) is 18.0. The average molecular weight is 487 g/mol. The summed E-state index contributed by atoms with van der Waals surface area (Å²) in [6.45, 7) is 7.25. The molecule has 6 nitrogen and oxygen atoms in total. The highest BCUT2D eigenvalue weighted by molar-refractivity contribution is 8.23. The standard InChI is InChI=1S/C23H26N4O2S3/c1-2-29-18-8-9-19-20(14-18)32-22(24-19)25-21(28)16-31-23(30)27-12-10-26(11-13-27)15-17-6-4-3-5-7-17/h3-9,14H,2,10-13,15-16H2,1H3,(H,24,25,28). The number of thiazole rings is 1. The normalized spacial score (nSPS) is 14.5. The van der Waals surface area contributed by atoms with Gasteiger partial charge in [0, 0.05) is 32.7 Å². The van der Waals surface area contributed by atoms with Crippen molar-refractivity contribution in [2.24, 2.45) is 0 Å². The van der Waals surface area contributed by atoms with Crippen LogP contribution in [-0.2, 0) is 11.3 Å². The maximum Gasteiger partial charge on any atom is 0.236 e. The second-order valence-corrected chi connectivity index (χ2v) is 10.1. The van der Waals surface area contributed by atoms with E-state index >= 15 is 0 Å². The van der Waals surface area contributed by atoms with Crippen LogP contribution in [0.4, 0.5) is 5.13 Å². The summed E-state index contributed by atoms with van der Waals surface area (Å²) in [4.78, 5) is 21.5. The Balaban J connectivity index is 1.21. The highest BCUT2D eigenvalue weighted by Crippen LogP contribution is 2.29. The van der Waals surface area contributed by atoms with E-state index in [2.05, 4.69) is 44.4 Å². The maximum absolute atomic E-state index is 12.4. The lowest BCUT2D eigenvalue weighted by Gasteiger charge is -2.35. The van der Waals surface area contributed by atoms with Crippen LogP contribution in [0, 0.1) is 0 Å². The molecule has 0 spiro atoms. The lowest BCUT2D eigenvalue weighted by Crippen LogP contribution is -2.47. The van der Waals surface area contributed by atoms with Crippen molar-refractivity contribution in [3.63, 3.8) is 0 Å². The Morgan fingerprint density at radius 2 is 1.97 bits per heavy atom. The van der Waals surface area contributed by atoms with Gasteiger partial charge in [0.1, 0.15) is 10.1 Å². The molecule has 9 heteroatoms. The van der Waals surface area contributed by atoms with Gasteiger partial charge in [0.15, 0.2) is 5.13 Å². The number of carbonyl (C=O) groups excluding carboxylic acids is 1. The molecule has 0 saturated carbocycles. The first-order chi connectivity index (χ1) is 15.6. The molecule has 1 aliphatic rings. The summed E-state index contributed by atoms with van der Waals surface area (Å²) in [6, 6.07) is 16.3. The highest BCUT2D eigenvalue weighted by Gasteiger charge is 2.20. The fraction of sp³-hybridized carbons (Fsp3) is 0.348. The molecule has 3 aromatic rings. The van der Waals surface area contributed by atoms with Crippen LogP contribution >= 0.6 is 35.3 Å². The number of rotatable bonds is 7. The van der Waals surface area contributed by atoms with E-state index in [1.165, 1.54) is 28.7 Å². The molecule has 32 heavy (non-hydrogen) atoms. The predicted octanol–water partition coefficient (Wildman–Crippen LogP) is 4.47. The molecule has 4 rings (SSSR count). The van der Waals surface area contributed by atoms with Gasteiger partial charge in [-0.15, -0.1) is 0 Å². The van der Waals surface area contributed by atoms with E-state index in [1.807, 2.05) is 31.2 Å². The van der Waals surface area contributed by atoms with Gasteiger partial charge in [-0.2, -0.15) is 0 Å². The third-order valence-electron chi connectivity index (χ3n) is 5.12. The third kappa shape index (κ3) is 6.19. The first-order valence-electron chi connectivity index (χ1n) is 10.6. The molecule has 168 valence electrons. The summed E-state index contributed by atoms with van der Waals surface area (Å²) in [5.74, 6) is 0.999. The molecule has 0 aliphatic carbocycles. The minimum Gasteiger partial charge on any atom is -0.494 e. The molecule has 0 radical (unpaired) electrons. The van der Waals surface area contributed by atoms with E-state index in [0.29, 0.717) is 11.7 Å². The number of nitrogens with one attached hydrogen (secondary N) is 1. The monoisotopic (exact) mass is 486 g/mol. The van der Waals surface area contributed by atoms with Gasteiger partial charge in [0.2, 0.25) is 5.91 Å². The molecule has 1 saturated heterocycles. The van der Waals surface area contributed by atoms with Crippen molar-refractivity contribution in [3.8, 4) is 5.75 Å². The van der Waals surface area contributed by atoms with Gasteiger partial charge in [-0.1, -0.05) is 65.6 Å². The van der Waals surface area contributed by atoms with Crippen LogP contribution < -0.4 is 10.1 Å². The fourth-order valence-electron chi connectivity index (χ4n) is 3.52. The van der Waals surface area contributed by atoms with Crippen LogP contribution in [-0.4, -0.2) is 63.6 Å². The van der Waals surface area contributed by atoms with Crippen LogP contribution in [0.1, 0.15) is 12.5 Å². The molecule has 1 N–H and O–H groups in total. The smallest absolute Gasteiger partial charge is 0.236 e. The van der Waals surface area contributed by atoms with Crippen LogP contribution in [0.15, 0.2) is 48.5 Å². The summed E-state index contributed by atoms with van der Waals surface area (Å²) in [7, 11) is 0. The minimum atomic E-state index is -0.0934. The first kappa shape index (κ1) is 23.0. The van der Waals surface area contributed by atoms with Crippen molar-refractivity contribution in [2.45, 2.75) is 13.5 Å². The van der Waals surface area contributed by atoms with Gasteiger partial charge in [0.25, 0.3) is 0 Å². The zero-order valence-corrected chi connectivity index (χ0v) is 20.4. The summed E-state index contributed by atoms with van der Waals surface area (Å²) in [5, 5.41) is 3.49. The van der Waals surface area contributed by atoms with Crippen molar-refractivity contribution >= 4 is 60.9 Å². The first-order valence-corrected chi connectivity index (χ1v) is 12.8. The van der Waals surface area contributed by atoms with E-state index in [4.69, 9.17) is 17.0 Å². The van der Waals surface area contributed by atoms with Crippen molar-refractivity contribution < 1.29 is 9.53 Å². The number of hydrogen-bond acceptors (Lipinski definition) is 7. The number of anilines is 1. The molecular formula is C23H26N4O2S3. The van der Waals surface area contributed by atoms with Crippen LogP contribution in [0.5, 0.6) is 5.75 Å². The quantitative estimate of drug-likeness (QED) is 0.495. The van der Waals surface area contributed by atoms with Gasteiger partial charge >= 0.3 is 0 Å². The number of ether oxygens (including phenoxy) is 1. The van der Waals surface area contributed by atoms with Gasteiger partial charge in [0.05, 0.1) is 22.6 Å². The van der Waals surface area contributed by atoms with Gasteiger partial charge in [-0.3, -0.25) is 9.69 Å². The van der Waals surface area contributed by atoms with E-state index in [1.54, 1.807) is 0 Å². The Bertz CT molecular complexity index is 1070. The van der Waals surface area contributed by atoms with Crippen molar-refractivity contribution in [3.05, 3.63) is 54.1 Å². The Kier molecular flexibility index (Phi) is 7.96. The molecule has 0 atom stereocenters. The number of fused-ring (bicyclic) bond motifs is 1. The molecule has 2 heterocycles. The van der Waals surface area contributed by atoms with Crippen molar-refractivity contribution in [1.29, 1.82) is 0 Å².